The van der Waals surface area contributed by atoms with Crippen molar-refractivity contribution in [2.24, 2.45) is 5.73 Å². The average Bonchev–Trinajstić information content (AvgIpc) is 2.87. The zero-order chi connectivity index (χ0) is 19.2. The Bertz CT molecular complexity index is 616. The number of esters is 1. The van der Waals surface area contributed by atoms with Crippen LogP contribution >= 0.6 is 0 Å². The van der Waals surface area contributed by atoms with Crippen LogP contribution in [0, 0.1) is 0 Å². The molecule has 144 valence electrons. The summed E-state index contributed by atoms with van der Waals surface area (Å²) in [6, 6.07) is 3.56. The van der Waals surface area contributed by atoms with Gasteiger partial charge in [0.2, 0.25) is 5.91 Å². The molecule has 0 aromatic carbocycles. The lowest BCUT2D eigenvalue weighted by Gasteiger charge is -2.31. The van der Waals surface area contributed by atoms with Crippen LogP contribution in [-0.2, 0) is 9.53 Å². The summed E-state index contributed by atoms with van der Waals surface area (Å²) < 4.78 is 4.98. The second-order valence-electron chi connectivity index (χ2n) is 6.93. The summed E-state index contributed by atoms with van der Waals surface area (Å²) in [5.74, 6) is 0.459. The third-order valence-corrected chi connectivity index (χ3v) is 4.62. The molecule has 7 nitrogen and oxygen atoms in total. The number of nitrogens with two attached hydrogens (primary N) is 1. The lowest BCUT2D eigenvalue weighted by Crippen LogP contribution is -2.54. The molecule has 0 aliphatic carbocycles. The fourth-order valence-corrected chi connectivity index (χ4v) is 3.25. The van der Waals surface area contributed by atoms with Gasteiger partial charge in [-0.3, -0.25) is 4.79 Å². The SMILES string of the molecule is CCCC(C)(N)C(=O)N1CCCN(c2ccc(C(=O)OCC)cn2)CC1. The van der Waals surface area contributed by atoms with E-state index in [1.807, 2.05) is 24.8 Å². The number of carbonyl (C=O) groups excluding carboxylic acids is 2. The van der Waals surface area contributed by atoms with E-state index in [4.69, 9.17) is 10.5 Å². The zero-order valence-electron chi connectivity index (χ0n) is 16.0. The molecule has 2 rings (SSSR count). The second kappa shape index (κ2) is 8.98. The topological polar surface area (TPSA) is 88.8 Å². The summed E-state index contributed by atoms with van der Waals surface area (Å²) in [5.41, 5.74) is 5.85. The summed E-state index contributed by atoms with van der Waals surface area (Å²) in [5, 5.41) is 0. The van der Waals surface area contributed by atoms with Gasteiger partial charge in [-0.2, -0.15) is 0 Å². The van der Waals surface area contributed by atoms with Gasteiger partial charge in [0.1, 0.15) is 5.82 Å². The normalized spacial score (nSPS) is 17.4. The Labute approximate surface area is 155 Å². The Hall–Kier alpha value is -2.15. The van der Waals surface area contributed by atoms with E-state index in [9.17, 15) is 9.59 Å². The Morgan fingerprint density at radius 3 is 2.62 bits per heavy atom. The van der Waals surface area contributed by atoms with Gasteiger partial charge in [0, 0.05) is 32.4 Å². The summed E-state index contributed by atoms with van der Waals surface area (Å²) in [7, 11) is 0. The van der Waals surface area contributed by atoms with Crippen LogP contribution in [0.1, 0.15) is 50.4 Å². The van der Waals surface area contributed by atoms with Gasteiger partial charge < -0.3 is 20.3 Å². The number of pyridine rings is 1. The van der Waals surface area contributed by atoms with E-state index in [1.54, 1.807) is 19.2 Å². The minimum Gasteiger partial charge on any atom is -0.462 e. The Kier molecular flexibility index (Phi) is 6.97. The van der Waals surface area contributed by atoms with E-state index in [-0.39, 0.29) is 11.9 Å². The first-order valence-electron chi connectivity index (χ1n) is 9.35. The first-order valence-corrected chi connectivity index (χ1v) is 9.35. The van der Waals surface area contributed by atoms with E-state index in [0.717, 1.165) is 25.2 Å². The van der Waals surface area contributed by atoms with Crippen LogP contribution in [-0.4, -0.2) is 60.1 Å². The molecule has 7 heteroatoms. The van der Waals surface area contributed by atoms with E-state index < -0.39 is 5.54 Å². The van der Waals surface area contributed by atoms with Crippen molar-refractivity contribution >= 4 is 17.7 Å². The average molecular weight is 362 g/mol. The minimum atomic E-state index is -0.802. The molecule has 1 atom stereocenters. The van der Waals surface area contributed by atoms with Crippen molar-refractivity contribution in [3.05, 3.63) is 23.9 Å². The third kappa shape index (κ3) is 4.94. The van der Waals surface area contributed by atoms with Crippen LogP contribution in [0.5, 0.6) is 0 Å². The molecule has 1 aromatic heterocycles. The van der Waals surface area contributed by atoms with E-state index in [2.05, 4.69) is 9.88 Å². The highest BCUT2D eigenvalue weighted by Gasteiger charge is 2.32. The number of ether oxygens (including phenoxy) is 1. The van der Waals surface area contributed by atoms with Crippen LogP contribution in [0.25, 0.3) is 0 Å². The van der Waals surface area contributed by atoms with Gasteiger partial charge in [-0.15, -0.1) is 0 Å². The number of anilines is 1. The van der Waals surface area contributed by atoms with Crippen molar-refractivity contribution in [1.29, 1.82) is 0 Å². The predicted molar refractivity (Wildman–Crippen MR) is 101 cm³/mol. The smallest absolute Gasteiger partial charge is 0.339 e. The summed E-state index contributed by atoms with van der Waals surface area (Å²) >= 11 is 0. The van der Waals surface area contributed by atoms with Gasteiger partial charge in [0.15, 0.2) is 0 Å². The molecule has 1 aliphatic heterocycles. The number of hydrogen-bond acceptors (Lipinski definition) is 6. The summed E-state index contributed by atoms with van der Waals surface area (Å²) in [6.07, 6.45) is 3.97. The quantitative estimate of drug-likeness (QED) is 0.777. The molecule has 1 fully saturated rings. The van der Waals surface area contributed by atoms with Crippen molar-refractivity contribution in [2.75, 3.05) is 37.7 Å². The molecule has 1 unspecified atom stereocenters. The maximum Gasteiger partial charge on any atom is 0.339 e. The second-order valence-corrected chi connectivity index (χ2v) is 6.93. The highest BCUT2D eigenvalue weighted by Crippen LogP contribution is 2.18. The number of amides is 1. The van der Waals surface area contributed by atoms with E-state index in [1.165, 1.54) is 0 Å². The van der Waals surface area contributed by atoms with Crippen molar-refractivity contribution in [3.8, 4) is 0 Å². The van der Waals surface area contributed by atoms with Crippen LogP contribution < -0.4 is 10.6 Å². The number of hydrogen-bond donors (Lipinski definition) is 1. The molecule has 0 bridgehead atoms. The largest absolute Gasteiger partial charge is 0.462 e. The Morgan fingerprint density at radius 1 is 1.23 bits per heavy atom. The summed E-state index contributed by atoms with van der Waals surface area (Å²) in [4.78, 5) is 32.8. The molecule has 0 spiro atoms. The molecule has 0 radical (unpaired) electrons. The maximum atomic E-state index is 12.7. The van der Waals surface area contributed by atoms with Gasteiger partial charge in [0.25, 0.3) is 0 Å². The van der Waals surface area contributed by atoms with Gasteiger partial charge in [-0.1, -0.05) is 13.3 Å². The standard InChI is InChI=1S/C19H30N4O3/c1-4-9-19(3,20)18(25)23-11-6-10-22(12-13-23)16-8-7-15(14-21-16)17(24)26-5-2/h7-8,14H,4-6,9-13,20H2,1-3H3. The van der Waals surface area contributed by atoms with Crippen molar-refractivity contribution in [1.82, 2.24) is 9.88 Å². The van der Waals surface area contributed by atoms with Crippen LogP contribution in [0.2, 0.25) is 0 Å². The molecule has 1 aromatic rings. The fourth-order valence-electron chi connectivity index (χ4n) is 3.25. The van der Waals surface area contributed by atoms with E-state index in [0.29, 0.717) is 38.2 Å². The van der Waals surface area contributed by atoms with Crippen molar-refractivity contribution in [2.45, 2.75) is 45.6 Å². The van der Waals surface area contributed by atoms with Crippen LogP contribution in [0.4, 0.5) is 5.82 Å². The molecule has 2 N–H and O–H groups in total. The molecular formula is C19H30N4O3. The van der Waals surface area contributed by atoms with Crippen molar-refractivity contribution in [3.63, 3.8) is 0 Å². The monoisotopic (exact) mass is 362 g/mol. The molecule has 2 heterocycles. The van der Waals surface area contributed by atoms with Crippen LogP contribution in [0.3, 0.4) is 0 Å². The minimum absolute atomic E-state index is 0.0202. The molecule has 1 amide bonds. The number of aromatic nitrogens is 1. The lowest BCUT2D eigenvalue weighted by atomic mass is 9.95. The Morgan fingerprint density at radius 2 is 2.00 bits per heavy atom. The highest BCUT2D eigenvalue weighted by molar-refractivity contribution is 5.89. The molecule has 1 saturated heterocycles. The summed E-state index contributed by atoms with van der Waals surface area (Å²) in [6.45, 7) is 8.80. The predicted octanol–water partition coefficient (Wildman–Crippen LogP) is 1.81. The molecule has 0 saturated carbocycles. The van der Waals surface area contributed by atoms with E-state index >= 15 is 0 Å². The maximum absolute atomic E-state index is 12.7. The number of carbonyl (C=O) groups is 2. The molecule has 26 heavy (non-hydrogen) atoms. The first-order chi connectivity index (χ1) is 12.4. The third-order valence-electron chi connectivity index (χ3n) is 4.62. The van der Waals surface area contributed by atoms with Gasteiger partial charge in [-0.05, 0) is 38.8 Å². The molecule has 1 aliphatic rings. The number of rotatable bonds is 6. The van der Waals surface area contributed by atoms with Gasteiger partial charge in [0.05, 0.1) is 17.7 Å². The van der Waals surface area contributed by atoms with Gasteiger partial charge in [-0.25, -0.2) is 9.78 Å². The first kappa shape index (κ1) is 20.2. The van der Waals surface area contributed by atoms with Crippen molar-refractivity contribution < 1.29 is 14.3 Å². The Balaban J connectivity index is 2.00. The highest BCUT2D eigenvalue weighted by atomic mass is 16.5. The van der Waals surface area contributed by atoms with Gasteiger partial charge >= 0.3 is 5.97 Å². The number of nitrogens with zero attached hydrogens (tertiary/aromatic N) is 3. The van der Waals surface area contributed by atoms with Crippen LogP contribution in [0.15, 0.2) is 18.3 Å². The fraction of sp³-hybridized carbons (Fsp3) is 0.632. The molecular weight excluding hydrogens is 332 g/mol. The zero-order valence-corrected chi connectivity index (χ0v) is 16.0. The lowest BCUT2D eigenvalue weighted by molar-refractivity contribution is -0.136.